The number of nitrogens with zero attached hydrogens (tertiary/aromatic N) is 5. The van der Waals surface area contributed by atoms with Crippen molar-refractivity contribution in [2.24, 2.45) is 0 Å². The van der Waals surface area contributed by atoms with Crippen LogP contribution in [0.2, 0.25) is 0 Å². The third-order valence-electron chi connectivity index (χ3n) is 11.5. The Morgan fingerprint density at radius 3 is 1.82 bits per heavy atom. The van der Waals surface area contributed by atoms with Gasteiger partial charge in [-0.15, -0.1) is 0 Å². The lowest BCUT2D eigenvalue weighted by atomic mass is 9.97. The highest BCUT2D eigenvalue weighted by Gasteiger charge is 2.26. The smallest absolute Gasteiger partial charge is 0.238 e. The molecule has 11 aromatic rings. The predicted molar refractivity (Wildman–Crippen MR) is 231 cm³/mol. The minimum atomic E-state index is 0.579. The Morgan fingerprint density at radius 2 is 1.07 bits per heavy atom. The van der Waals surface area contributed by atoms with Crippen molar-refractivity contribution in [1.82, 2.24) is 24.1 Å². The Balaban J connectivity index is 1.07. The monoisotopic (exact) mass is 731 g/mol. The number of benzene rings is 7. The number of allylic oxidation sites excluding steroid dienone is 1. The summed E-state index contributed by atoms with van der Waals surface area (Å²) < 4.78 is 11.2. The first-order valence-corrected chi connectivity index (χ1v) is 19.4. The highest BCUT2D eigenvalue weighted by atomic mass is 16.3. The van der Waals surface area contributed by atoms with Crippen LogP contribution in [0, 0.1) is 0 Å². The number of para-hydroxylation sites is 3. The fraction of sp³-hybridized carbons (Fsp3) is 0.0392. The quantitative estimate of drug-likeness (QED) is 0.177. The molecular weight excluding hydrogens is 699 g/mol. The van der Waals surface area contributed by atoms with Crippen LogP contribution in [0.1, 0.15) is 17.7 Å². The summed E-state index contributed by atoms with van der Waals surface area (Å²) in [5, 5.41) is 5.91. The van der Waals surface area contributed by atoms with E-state index in [9.17, 15) is 0 Å². The summed E-state index contributed by atoms with van der Waals surface area (Å²) in [4.78, 5) is 15.3. The van der Waals surface area contributed by atoms with Gasteiger partial charge in [-0.3, -0.25) is 4.57 Å². The van der Waals surface area contributed by atoms with Crippen molar-refractivity contribution >= 4 is 60.3 Å². The van der Waals surface area contributed by atoms with Crippen molar-refractivity contribution < 1.29 is 4.42 Å². The molecule has 4 heterocycles. The molecule has 6 heteroatoms. The van der Waals surface area contributed by atoms with Gasteiger partial charge in [0.2, 0.25) is 5.95 Å². The van der Waals surface area contributed by atoms with Crippen molar-refractivity contribution in [2.75, 3.05) is 0 Å². The molecule has 12 rings (SSSR count). The molecule has 4 aromatic heterocycles. The molecule has 0 bridgehead atoms. The van der Waals surface area contributed by atoms with Crippen LogP contribution >= 0.6 is 0 Å². The number of aryl methyl sites for hydroxylation is 1. The van der Waals surface area contributed by atoms with Gasteiger partial charge in [0, 0.05) is 43.6 Å². The van der Waals surface area contributed by atoms with Crippen LogP contribution in [0.25, 0.3) is 100 Å². The number of furan rings is 1. The van der Waals surface area contributed by atoms with Crippen molar-refractivity contribution in [3.63, 3.8) is 0 Å². The first-order valence-electron chi connectivity index (χ1n) is 19.4. The number of rotatable bonds is 5. The molecule has 0 radical (unpaired) electrons. The molecule has 0 saturated heterocycles. The van der Waals surface area contributed by atoms with Crippen LogP contribution in [0.5, 0.6) is 0 Å². The topological polar surface area (TPSA) is 61.7 Å². The predicted octanol–water partition coefficient (Wildman–Crippen LogP) is 12.7. The van der Waals surface area contributed by atoms with Crippen LogP contribution in [0.15, 0.2) is 180 Å². The number of hydrogen-bond acceptors (Lipinski definition) is 4. The summed E-state index contributed by atoms with van der Waals surface area (Å²) in [5.74, 6) is 2.81. The first-order chi connectivity index (χ1) is 28.3. The Morgan fingerprint density at radius 1 is 0.456 bits per heavy atom. The number of fused-ring (bicyclic) bond motifs is 9. The van der Waals surface area contributed by atoms with Crippen LogP contribution in [0.3, 0.4) is 0 Å². The van der Waals surface area contributed by atoms with Gasteiger partial charge < -0.3 is 8.98 Å². The maximum absolute atomic E-state index is 6.60. The summed E-state index contributed by atoms with van der Waals surface area (Å²) in [6.45, 7) is 0. The average molecular weight is 732 g/mol. The van der Waals surface area contributed by atoms with Gasteiger partial charge in [0.15, 0.2) is 17.4 Å². The van der Waals surface area contributed by atoms with Crippen molar-refractivity contribution in [2.45, 2.75) is 12.8 Å². The van der Waals surface area contributed by atoms with Gasteiger partial charge in [-0.2, -0.15) is 9.97 Å². The summed E-state index contributed by atoms with van der Waals surface area (Å²) >= 11 is 0. The Bertz CT molecular complexity index is 3350. The van der Waals surface area contributed by atoms with Gasteiger partial charge in [0.1, 0.15) is 5.58 Å². The van der Waals surface area contributed by atoms with Crippen LogP contribution in [-0.4, -0.2) is 24.1 Å². The van der Waals surface area contributed by atoms with E-state index in [1.165, 1.54) is 21.7 Å². The maximum Gasteiger partial charge on any atom is 0.238 e. The van der Waals surface area contributed by atoms with E-state index in [0.717, 1.165) is 85.0 Å². The molecule has 0 saturated carbocycles. The fourth-order valence-corrected chi connectivity index (χ4v) is 8.97. The standard InChI is InChI=1S/C51H33N5O/c1-3-15-32(16-4-1)49-52-50(33-17-5-2-6-18-33)54-51(53-49)56-42-25-11-8-21-39(42)47-35(22-13-26-44(47)56)34-29-30-43-40(31-34)36-19-7-10-24-41(36)55(43)45-27-14-23-38-37-20-9-12-28-46(37)57-48(38)45/h1-13,15-22,24-31H,14,23H2. The van der Waals surface area contributed by atoms with Gasteiger partial charge in [-0.25, -0.2) is 4.98 Å². The van der Waals surface area contributed by atoms with Crippen LogP contribution in [0.4, 0.5) is 0 Å². The van der Waals surface area contributed by atoms with Gasteiger partial charge in [-0.05, 0) is 60.4 Å². The van der Waals surface area contributed by atoms with E-state index in [2.05, 4.69) is 124 Å². The zero-order valence-corrected chi connectivity index (χ0v) is 30.8. The Labute approximate surface area is 327 Å². The van der Waals surface area contributed by atoms with Gasteiger partial charge in [0.25, 0.3) is 0 Å². The Hall–Kier alpha value is -7.57. The minimum absolute atomic E-state index is 0.579. The van der Waals surface area contributed by atoms with E-state index in [1.54, 1.807) is 0 Å². The second-order valence-corrected chi connectivity index (χ2v) is 14.7. The van der Waals surface area contributed by atoms with Crippen molar-refractivity contribution in [3.8, 4) is 39.9 Å². The molecule has 6 nitrogen and oxygen atoms in total. The van der Waals surface area contributed by atoms with Crippen LogP contribution < -0.4 is 0 Å². The van der Waals surface area contributed by atoms with Crippen molar-refractivity contribution in [1.29, 1.82) is 0 Å². The summed E-state index contributed by atoms with van der Waals surface area (Å²) in [7, 11) is 0. The van der Waals surface area contributed by atoms with E-state index >= 15 is 0 Å². The molecule has 0 amide bonds. The Kier molecular flexibility index (Phi) is 6.95. The van der Waals surface area contributed by atoms with E-state index in [0.29, 0.717) is 17.6 Å². The van der Waals surface area contributed by atoms with Crippen LogP contribution in [-0.2, 0) is 6.42 Å². The molecule has 0 fully saturated rings. The summed E-state index contributed by atoms with van der Waals surface area (Å²) in [5.41, 5.74) is 11.9. The van der Waals surface area contributed by atoms with E-state index in [1.807, 2.05) is 60.7 Å². The number of aromatic nitrogens is 5. The molecule has 0 aliphatic heterocycles. The molecule has 1 aliphatic rings. The zero-order valence-electron chi connectivity index (χ0n) is 30.8. The number of hydrogen-bond donors (Lipinski definition) is 0. The lowest BCUT2D eigenvalue weighted by Crippen LogP contribution is -2.06. The zero-order chi connectivity index (χ0) is 37.5. The molecule has 57 heavy (non-hydrogen) atoms. The largest absolute Gasteiger partial charge is 0.454 e. The molecule has 7 aromatic carbocycles. The van der Waals surface area contributed by atoms with Gasteiger partial charge in [0.05, 0.1) is 27.8 Å². The third-order valence-corrected chi connectivity index (χ3v) is 11.5. The lowest BCUT2D eigenvalue weighted by Gasteiger charge is -2.16. The minimum Gasteiger partial charge on any atom is -0.454 e. The molecule has 0 N–H and O–H groups in total. The molecule has 1 aliphatic carbocycles. The van der Waals surface area contributed by atoms with Gasteiger partial charge >= 0.3 is 0 Å². The van der Waals surface area contributed by atoms with Crippen molar-refractivity contribution in [3.05, 3.63) is 187 Å². The normalized spacial score (nSPS) is 12.9. The van der Waals surface area contributed by atoms with E-state index in [4.69, 9.17) is 19.4 Å². The molecule has 0 unspecified atom stereocenters. The first kappa shape index (κ1) is 31.7. The van der Waals surface area contributed by atoms with E-state index in [-0.39, 0.29) is 0 Å². The SMILES string of the molecule is C1=C(n2c3ccccc3c3cc(-c4cccc5c4c4ccccc4n5-c4nc(-c5ccccc5)nc(-c5ccccc5)n4)ccc32)c2oc3ccccc3c2CC1. The molecule has 268 valence electrons. The highest BCUT2D eigenvalue weighted by molar-refractivity contribution is 6.17. The third kappa shape index (κ3) is 4.87. The average Bonchev–Trinajstić information content (AvgIpc) is 3.95. The molecule has 0 spiro atoms. The van der Waals surface area contributed by atoms with Gasteiger partial charge in [-0.1, -0.05) is 140 Å². The fourth-order valence-electron chi connectivity index (χ4n) is 8.97. The second-order valence-electron chi connectivity index (χ2n) is 14.7. The van der Waals surface area contributed by atoms with E-state index < -0.39 is 0 Å². The lowest BCUT2D eigenvalue weighted by molar-refractivity contribution is 0.585. The molecular formula is C51H33N5O. The second kappa shape index (κ2) is 12.5. The summed E-state index contributed by atoms with van der Waals surface area (Å²) in [6.07, 6.45) is 4.28. The highest BCUT2D eigenvalue weighted by Crippen LogP contribution is 2.43. The molecule has 0 atom stereocenters. The maximum atomic E-state index is 6.60. The summed E-state index contributed by atoms with van der Waals surface area (Å²) in [6, 6.07) is 59.5.